The van der Waals surface area contributed by atoms with Gasteiger partial charge in [0.15, 0.2) is 0 Å². The summed E-state index contributed by atoms with van der Waals surface area (Å²) in [5.74, 6) is 0.911. The molecule has 0 radical (unpaired) electrons. The number of amides is 1. The number of aromatic nitrogens is 1. The summed E-state index contributed by atoms with van der Waals surface area (Å²) in [7, 11) is 0. The van der Waals surface area contributed by atoms with Gasteiger partial charge < -0.3 is 10.6 Å². The molecule has 1 aliphatic heterocycles. The molecular formula is C23H25ClN4OS. The normalized spacial score (nSPS) is 15.1. The van der Waals surface area contributed by atoms with Crippen LogP contribution in [-0.2, 0) is 6.54 Å². The molecule has 30 heavy (non-hydrogen) atoms. The molecule has 0 unspecified atom stereocenters. The van der Waals surface area contributed by atoms with E-state index in [-0.39, 0.29) is 5.91 Å². The van der Waals surface area contributed by atoms with Crippen molar-refractivity contribution >= 4 is 40.4 Å². The third-order valence-corrected chi connectivity index (χ3v) is 6.37. The summed E-state index contributed by atoms with van der Waals surface area (Å²) in [5.41, 5.74) is 2.88. The summed E-state index contributed by atoms with van der Waals surface area (Å²) < 4.78 is 0. The summed E-state index contributed by atoms with van der Waals surface area (Å²) in [5, 5.41) is 11.2. The Morgan fingerprint density at radius 2 is 2.00 bits per heavy atom. The van der Waals surface area contributed by atoms with Crippen LogP contribution in [0.5, 0.6) is 0 Å². The Kier molecular flexibility index (Phi) is 7.00. The highest BCUT2D eigenvalue weighted by atomic mass is 35.5. The van der Waals surface area contributed by atoms with Crippen LogP contribution in [0.25, 0.3) is 0 Å². The lowest BCUT2D eigenvalue weighted by molar-refractivity contribution is 0.102. The van der Waals surface area contributed by atoms with Gasteiger partial charge in [-0.25, -0.2) is 4.98 Å². The lowest BCUT2D eigenvalue weighted by Crippen LogP contribution is -2.35. The zero-order valence-electron chi connectivity index (χ0n) is 16.7. The second-order valence-electron chi connectivity index (χ2n) is 7.59. The minimum atomic E-state index is -0.182. The van der Waals surface area contributed by atoms with Gasteiger partial charge in [-0.2, -0.15) is 11.3 Å². The molecule has 0 spiro atoms. The molecule has 4 rings (SSSR count). The van der Waals surface area contributed by atoms with E-state index in [9.17, 15) is 4.79 Å². The number of pyridine rings is 1. The maximum absolute atomic E-state index is 12.7. The fourth-order valence-corrected chi connectivity index (χ4v) is 4.48. The van der Waals surface area contributed by atoms with E-state index < -0.39 is 0 Å². The molecule has 5 nitrogen and oxygen atoms in total. The molecule has 156 valence electrons. The number of piperidine rings is 1. The molecular weight excluding hydrogens is 416 g/mol. The zero-order valence-corrected chi connectivity index (χ0v) is 18.3. The fraction of sp³-hybridized carbons (Fsp3) is 0.304. The second kappa shape index (κ2) is 10.1. The lowest BCUT2D eigenvalue weighted by Gasteiger charge is -2.32. The van der Waals surface area contributed by atoms with Crippen LogP contribution in [0.2, 0.25) is 5.02 Å². The smallest absolute Gasteiger partial charge is 0.258 e. The van der Waals surface area contributed by atoms with Gasteiger partial charge in [0.25, 0.3) is 5.91 Å². The first-order chi connectivity index (χ1) is 14.7. The average molecular weight is 441 g/mol. The molecule has 0 atom stereocenters. The molecule has 3 heterocycles. The van der Waals surface area contributed by atoms with Crippen LogP contribution in [0.3, 0.4) is 0 Å². The predicted octanol–water partition coefficient (Wildman–Crippen LogP) is 5.37. The third kappa shape index (κ3) is 5.59. The van der Waals surface area contributed by atoms with Crippen molar-refractivity contribution in [2.24, 2.45) is 5.92 Å². The predicted molar refractivity (Wildman–Crippen MR) is 124 cm³/mol. The van der Waals surface area contributed by atoms with Crippen LogP contribution in [0.15, 0.2) is 59.4 Å². The minimum Gasteiger partial charge on any atom is -0.384 e. The number of anilines is 2. The number of benzene rings is 1. The monoisotopic (exact) mass is 440 g/mol. The van der Waals surface area contributed by atoms with E-state index in [4.69, 9.17) is 11.6 Å². The largest absolute Gasteiger partial charge is 0.384 e. The van der Waals surface area contributed by atoms with Crippen LogP contribution in [0.4, 0.5) is 11.5 Å². The van der Waals surface area contributed by atoms with Gasteiger partial charge in [0, 0.05) is 25.0 Å². The first-order valence-electron chi connectivity index (χ1n) is 10.2. The number of carbonyl (C=O) groups is 1. The molecule has 0 bridgehead atoms. The molecule has 3 aromatic rings. The highest BCUT2D eigenvalue weighted by molar-refractivity contribution is 7.07. The molecule has 0 aliphatic carbocycles. The Morgan fingerprint density at radius 3 is 2.73 bits per heavy atom. The Labute approximate surface area is 186 Å². The summed E-state index contributed by atoms with van der Waals surface area (Å²) in [6.45, 7) is 4.15. The van der Waals surface area contributed by atoms with Crippen LogP contribution >= 0.6 is 22.9 Å². The van der Waals surface area contributed by atoms with E-state index in [1.54, 1.807) is 23.5 Å². The van der Waals surface area contributed by atoms with E-state index in [1.165, 1.54) is 24.6 Å². The molecule has 0 saturated carbocycles. The summed E-state index contributed by atoms with van der Waals surface area (Å²) in [6, 6.07) is 13.2. The number of rotatable bonds is 7. The second-order valence-corrected chi connectivity index (χ2v) is 8.81. The zero-order chi connectivity index (χ0) is 20.8. The van der Waals surface area contributed by atoms with Crippen LogP contribution in [0.1, 0.15) is 28.8 Å². The van der Waals surface area contributed by atoms with Gasteiger partial charge in [0.05, 0.1) is 10.6 Å². The summed E-state index contributed by atoms with van der Waals surface area (Å²) >= 11 is 7.62. The van der Waals surface area contributed by atoms with E-state index >= 15 is 0 Å². The number of nitrogens with one attached hydrogen (secondary N) is 2. The van der Waals surface area contributed by atoms with E-state index in [0.717, 1.165) is 31.9 Å². The molecule has 1 saturated heterocycles. The average Bonchev–Trinajstić information content (AvgIpc) is 3.28. The molecule has 7 heteroatoms. The number of halogens is 1. The van der Waals surface area contributed by atoms with E-state index in [2.05, 4.69) is 37.3 Å². The third-order valence-electron chi connectivity index (χ3n) is 5.42. The van der Waals surface area contributed by atoms with Gasteiger partial charge in [-0.05, 0) is 78.5 Å². The van der Waals surface area contributed by atoms with Crippen molar-refractivity contribution in [1.82, 2.24) is 9.88 Å². The van der Waals surface area contributed by atoms with E-state index in [0.29, 0.717) is 22.3 Å². The van der Waals surface area contributed by atoms with Gasteiger partial charge in [0.1, 0.15) is 5.82 Å². The summed E-state index contributed by atoms with van der Waals surface area (Å²) in [4.78, 5) is 19.4. The van der Waals surface area contributed by atoms with Gasteiger partial charge in [-0.1, -0.05) is 23.7 Å². The Hall–Kier alpha value is -2.41. The van der Waals surface area contributed by atoms with Crippen LogP contribution in [0, 0.1) is 5.92 Å². The lowest BCUT2D eigenvalue weighted by atomic mass is 9.96. The molecule has 1 aliphatic rings. The Morgan fingerprint density at radius 1 is 1.17 bits per heavy atom. The van der Waals surface area contributed by atoms with Crippen LogP contribution < -0.4 is 10.6 Å². The Bertz CT molecular complexity index is 954. The van der Waals surface area contributed by atoms with Crippen molar-refractivity contribution in [1.29, 1.82) is 0 Å². The fourth-order valence-electron chi connectivity index (χ4n) is 3.71. The van der Waals surface area contributed by atoms with Gasteiger partial charge >= 0.3 is 0 Å². The highest BCUT2D eigenvalue weighted by Crippen LogP contribution is 2.22. The number of nitrogens with zero attached hydrogens (tertiary/aromatic N) is 2. The molecule has 2 aromatic heterocycles. The minimum absolute atomic E-state index is 0.182. The van der Waals surface area contributed by atoms with Crippen molar-refractivity contribution in [2.75, 3.05) is 30.3 Å². The van der Waals surface area contributed by atoms with Crippen molar-refractivity contribution in [3.63, 3.8) is 0 Å². The van der Waals surface area contributed by atoms with Gasteiger partial charge in [-0.15, -0.1) is 0 Å². The number of thiophene rings is 1. The number of carbonyl (C=O) groups excluding carboxylic acids is 1. The molecule has 2 N–H and O–H groups in total. The number of para-hydroxylation sites is 1. The van der Waals surface area contributed by atoms with Crippen molar-refractivity contribution < 1.29 is 4.79 Å². The Balaban J connectivity index is 1.30. The van der Waals surface area contributed by atoms with Crippen molar-refractivity contribution in [3.05, 3.63) is 75.6 Å². The SMILES string of the molecule is O=C(Nc1ccc(Cl)cn1)c1ccccc1NCC1CCN(Cc2ccsc2)CC1. The molecule has 1 fully saturated rings. The quantitative estimate of drug-likeness (QED) is 0.518. The maximum atomic E-state index is 12.7. The highest BCUT2D eigenvalue weighted by Gasteiger charge is 2.20. The number of hydrogen-bond acceptors (Lipinski definition) is 5. The molecule has 1 aromatic carbocycles. The topological polar surface area (TPSA) is 57.3 Å². The van der Waals surface area contributed by atoms with Crippen molar-refractivity contribution in [2.45, 2.75) is 19.4 Å². The first kappa shape index (κ1) is 20.8. The van der Waals surface area contributed by atoms with Gasteiger partial charge in [0.2, 0.25) is 0 Å². The number of likely N-dealkylation sites (tertiary alicyclic amines) is 1. The standard InChI is InChI=1S/C23H25ClN4OS/c24-19-5-6-22(26-14-19)27-23(29)20-3-1-2-4-21(20)25-13-17-7-10-28(11-8-17)15-18-9-12-30-16-18/h1-6,9,12,14,16-17,25H,7-8,10-11,13,15H2,(H,26,27,29). The van der Waals surface area contributed by atoms with Crippen LogP contribution in [-0.4, -0.2) is 35.4 Å². The summed E-state index contributed by atoms with van der Waals surface area (Å²) in [6.07, 6.45) is 3.85. The van der Waals surface area contributed by atoms with Crippen molar-refractivity contribution in [3.8, 4) is 0 Å². The van der Waals surface area contributed by atoms with Gasteiger partial charge in [-0.3, -0.25) is 9.69 Å². The van der Waals surface area contributed by atoms with E-state index in [1.807, 2.05) is 24.3 Å². The maximum Gasteiger partial charge on any atom is 0.258 e. The first-order valence-corrected chi connectivity index (χ1v) is 11.5. The molecule has 1 amide bonds. The number of hydrogen-bond donors (Lipinski definition) is 2.